The van der Waals surface area contributed by atoms with E-state index in [4.69, 9.17) is 29.2 Å². The molecule has 3 aromatic carbocycles. The van der Waals surface area contributed by atoms with E-state index in [2.05, 4.69) is 29.2 Å². The summed E-state index contributed by atoms with van der Waals surface area (Å²) in [5, 5.41) is 20.5. The fourth-order valence-corrected chi connectivity index (χ4v) is 5.52. The van der Waals surface area contributed by atoms with Crippen LogP contribution in [0.1, 0.15) is 30.4 Å². The Morgan fingerprint density at radius 2 is 1.18 bits per heavy atom. The van der Waals surface area contributed by atoms with E-state index in [9.17, 15) is 9.59 Å². The number of carboxylic acids is 2. The Hall–Kier alpha value is -3.98. The highest BCUT2D eigenvalue weighted by Crippen LogP contribution is 2.45. The maximum Gasteiger partial charge on any atom is 0.328 e. The van der Waals surface area contributed by atoms with Gasteiger partial charge in [0.05, 0.1) is 28.4 Å². The summed E-state index contributed by atoms with van der Waals surface area (Å²) in [6.45, 7) is 2.17. The van der Waals surface area contributed by atoms with E-state index >= 15 is 0 Å². The van der Waals surface area contributed by atoms with Crippen LogP contribution in [0.2, 0.25) is 0 Å². The lowest BCUT2D eigenvalue weighted by molar-refractivity contribution is -0.134. The van der Waals surface area contributed by atoms with E-state index in [-0.39, 0.29) is 0 Å². The minimum Gasteiger partial charge on any atom is -0.493 e. The van der Waals surface area contributed by atoms with Crippen LogP contribution in [0.5, 0.6) is 23.0 Å². The number of ether oxygens (including phenoxy) is 4. The molecule has 1 saturated heterocycles. The predicted octanol–water partition coefficient (Wildman–Crippen LogP) is 4.65. The normalized spacial score (nSPS) is 16.8. The third-order valence-electron chi connectivity index (χ3n) is 7.27. The Kier molecular flexibility index (Phi) is 8.26. The molecule has 0 aromatic heterocycles. The van der Waals surface area contributed by atoms with Gasteiger partial charge in [-0.05, 0) is 82.7 Å². The van der Waals surface area contributed by atoms with Crippen molar-refractivity contribution in [3.8, 4) is 23.0 Å². The molecule has 1 unspecified atom stereocenters. The van der Waals surface area contributed by atoms with Crippen LogP contribution in [0.3, 0.4) is 0 Å². The number of aliphatic carboxylic acids is 2. The van der Waals surface area contributed by atoms with Crippen LogP contribution in [0.25, 0.3) is 21.5 Å². The Labute approximate surface area is 221 Å². The van der Waals surface area contributed by atoms with Gasteiger partial charge in [0.15, 0.2) is 23.0 Å². The minimum atomic E-state index is -1.26. The first-order chi connectivity index (χ1) is 18.3. The van der Waals surface area contributed by atoms with Crippen molar-refractivity contribution in [3.05, 3.63) is 47.5 Å². The molecule has 2 aliphatic heterocycles. The monoisotopic (exact) mass is 523 g/mol. The highest BCUT2D eigenvalue weighted by Gasteiger charge is 2.31. The highest BCUT2D eigenvalue weighted by molar-refractivity contribution is 6.13. The fraction of sp³-hybridized carbons (Fsp3) is 0.379. The number of carboxylic acid groups (broad SMARTS) is 2. The predicted molar refractivity (Wildman–Crippen MR) is 144 cm³/mol. The van der Waals surface area contributed by atoms with Crippen LogP contribution in [0, 0.1) is 0 Å². The van der Waals surface area contributed by atoms with Gasteiger partial charge in [-0.1, -0.05) is 6.42 Å². The molecule has 9 nitrogen and oxygen atoms in total. The van der Waals surface area contributed by atoms with Gasteiger partial charge in [-0.15, -0.1) is 0 Å². The number of methoxy groups -OCH3 is 4. The number of rotatable bonds is 6. The van der Waals surface area contributed by atoms with Crippen molar-refractivity contribution in [2.45, 2.75) is 38.3 Å². The lowest BCUT2D eigenvalue weighted by Crippen LogP contribution is -2.43. The molecule has 0 saturated carbocycles. The first-order valence-electron chi connectivity index (χ1n) is 12.4. The second-order valence-electron chi connectivity index (χ2n) is 9.30. The third-order valence-corrected chi connectivity index (χ3v) is 7.27. The zero-order valence-electron chi connectivity index (χ0n) is 22.1. The zero-order valence-corrected chi connectivity index (χ0v) is 22.1. The number of nitrogens with zero attached hydrogens (tertiary/aromatic N) is 1. The molecule has 0 radical (unpaired) electrons. The van der Waals surface area contributed by atoms with Gasteiger partial charge in [-0.2, -0.15) is 0 Å². The summed E-state index contributed by atoms with van der Waals surface area (Å²) in [7, 11) is 6.78. The molecule has 202 valence electrons. The van der Waals surface area contributed by atoms with Crippen LogP contribution < -0.4 is 18.9 Å². The van der Waals surface area contributed by atoms with Crippen LogP contribution in [0.4, 0.5) is 0 Å². The Morgan fingerprint density at radius 1 is 0.737 bits per heavy atom. The maximum absolute atomic E-state index is 9.55. The van der Waals surface area contributed by atoms with Gasteiger partial charge in [0.25, 0.3) is 0 Å². The van der Waals surface area contributed by atoms with E-state index in [1.54, 1.807) is 28.4 Å². The van der Waals surface area contributed by atoms with Gasteiger partial charge in [-0.25, -0.2) is 9.59 Å². The van der Waals surface area contributed by atoms with Crippen molar-refractivity contribution in [2.75, 3.05) is 35.0 Å². The van der Waals surface area contributed by atoms with Crippen LogP contribution in [0.15, 0.2) is 36.4 Å². The van der Waals surface area contributed by atoms with Crippen molar-refractivity contribution in [2.24, 2.45) is 0 Å². The number of fused-ring (bicyclic) bond motifs is 7. The van der Waals surface area contributed by atoms with E-state index in [1.165, 1.54) is 53.1 Å². The number of piperidine rings is 1. The van der Waals surface area contributed by atoms with Gasteiger partial charge in [0.1, 0.15) is 0 Å². The largest absolute Gasteiger partial charge is 0.493 e. The average Bonchev–Trinajstić information content (AvgIpc) is 2.94. The summed E-state index contributed by atoms with van der Waals surface area (Å²) in [5.41, 5.74) is 2.85. The van der Waals surface area contributed by atoms with E-state index in [1.807, 2.05) is 0 Å². The average molecular weight is 524 g/mol. The smallest absolute Gasteiger partial charge is 0.328 e. The molecule has 1 atom stereocenters. The molecule has 1 fully saturated rings. The number of hydrogen-bond acceptors (Lipinski definition) is 7. The summed E-state index contributed by atoms with van der Waals surface area (Å²) >= 11 is 0. The molecule has 5 rings (SSSR count). The summed E-state index contributed by atoms with van der Waals surface area (Å²) in [4.78, 5) is 21.8. The minimum absolute atomic E-state index is 0.558. The van der Waals surface area contributed by atoms with Crippen LogP contribution in [-0.4, -0.2) is 68.1 Å². The molecule has 2 aliphatic rings. The molecule has 3 aromatic rings. The van der Waals surface area contributed by atoms with E-state index < -0.39 is 11.9 Å². The van der Waals surface area contributed by atoms with Crippen molar-refractivity contribution >= 4 is 33.5 Å². The molecule has 38 heavy (non-hydrogen) atoms. The van der Waals surface area contributed by atoms with E-state index in [0.29, 0.717) is 18.2 Å². The second-order valence-corrected chi connectivity index (χ2v) is 9.30. The lowest BCUT2D eigenvalue weighted by atomic mass is 9.82. The van der Waals surface area contributed by atoms with E-state index in [0.717, 1.165) is 41.3 Å². The lowest BCUT2D eigenvalue weighted by Gasteiger charge is -2.41. The highest BCUT2D eigenvalue weighted by atomic mass is 16.5. The van der Waals surface area contributed by atoms with Crippen molar-refractivity contribution in [1.29, 1.82) is 0 Å². The summed E-state index contributed by atoms with van der Waals surface area (Å²) in [5.74, 6) is 0.523. The molecule has 0 bridgehead atoms. The molecule has 0 spiro atoms. The summed E-state index contributed by atoms with van der Waals surface area (Å²) in [6, 6.07) is 9.14. The topological polar surface area (TPSA) is 115 Å². The molecular weight excluding hydrogens is 490 g/mol. The number of hydrogen-bond donors (Lipinski definition) is 2. The Morgan fingerprint density at radius 3 is 1.63 bits per heavy atom. The fourth-order valence-electron chi connectivity index (χ4n) is 5.52. The Bertz CT molecular complexity index is 1290. The molecule has 0 amide bonds. The van der Waals surface area contributed by atoms with Crippen molar-refractivity contribution in [1.82, 2.24) is 4.90 Å². The third kappa shape index (κ3) is 5.33. The summed E-state index contributed by atoms with van der Waals surface area (Å²) < 4.78 is 22.6. The number of benzene rings is 3. The van der Waals surface area contributed by atoms with Gasteiger partial charge in [-0.3, -0.25) is 4.90 Å². The molecule has 9 heteroatoms. The molecule has 2 heterocycles. The molecular formula is C29H33NO8. The van der Waals surface area contributed by atoms with Gasteiger partial charge in [0.2, 0.25) is 0 Å². The second kappa shape index (κ2) is 11.6. The SMILES string of the molecule is COc1cc2c3c(c4cc(OC)c(OC)cc4c2cc1OC)CN1CCCCC1C3.O=C(O)/C=C\C(=O)O. The van der Waals surface area contributed by atoms with Gasteiger partial charge in [0, 0.05) is 24.7 Å². The first kappa shape index (κ1) is 27.1. The van der Waals surface area contributed by atoms with Crippen molar-refractivity contribution < 1.29 is 38.7 Å². The zero-order chi connectivity index (χ0) is 27.4. The molecule has 2 N–H and O–H groups in total. The van der Waals surface area contributed by atoms with Gasteiger partial charge >= 0.3 is 11.9 Å². The Balaban J connectivity index is 0.000000368. The molecule has 0 aliphatic carbocycles. The van der Waals surface area contributed by atoms with Crippen LogP contribution >= 0.6 is 0 Å². The first-order valence-corrected chi connectivity index (χ1v) is 12.4. The quantitative estimate of drug-likeness (QED) is 0.352. The maximum atomic E-state index is 9.55. The number of carbonyl (C=O) groups is 2. The standard InChI is InChI=1S/C25H29NO4.C4H4O4/c1-27-22-10-17-16-9-15-7-5-6-8-26(15)14-21(16)20-13-25(30-4)24(29-3)12-19(20)18(17)11-23(22)28-2;5-3(6)1-2-4(7)8/h10-13,15H,5-9,14H2,1-4H3;1-2H,(H,5,6)(H,7,8)/b;2-1-. The van der Waals surface area contributed by atoms with Gasteiger partial charge < -0.3 is 29.2 Å². The van der Waals surface area contributed by atoms with Crippen LogP contribution in [-0.2, 0) is 22.6 Å². The summed E-state index contributed by atoms with van der Waals surface area (Å²) in [6.07, 6.45) is 6.08. The van der Waals surface area contributed by atoms with Crippen molar-refractivity contribution in [3.63, 3.8) is 0 Å².